The van der Waals surface area contributed by atoms with E-state index in [0.29, 0.717) is 55.0 Å². The number of fused-ring (bicyclic) bond motifs is 1. The van der Waals surface area contributed by atoms with E-state index in [1.807, 2.05) is 6.07 Å². The van der Waals surface area contributed by atoms with Crippen molar-refractivity contribution in [3.63, 3.8) is 0 Å². The highest BCUT2D eigenvalue weighted by atomic mass is 19.1. The molecular formula is C19H19FN8O2. The summed E-state index contributed by atoms with van der Waals surface area (Å²) in [5, 5.41) is 17.3. The molecule has 0 unspecified atom stereocenters. The van der Waals surface area contributed by atoms with E-state index in [9.17, 15) is 4.39 Å². The molecule has 1 fully saturated rings. The third-order valence-electron chi connectivity index (χ3n) is 4.76. The lowest BCUT2D eigenvalue weighted by Crippen LogP contribution is -2.36. The van der Waals surface area contributed by atoms with Crippen molar-refractivity contribution in [2.45, 2.75) is 6.61 Å². The summed E-state index contributed by atoms with van der Waals surface area (Å²) in [6, 6.07) is 8.03. The predicted octanol–water partition coefficient (Wildman–Crippen LogP) is 1.47. The summed E-state index contributed by atoms with van der Waals surface area (Å²) in [5.41, 5.74) is 1.91. The molecule has 0 saturated carbocycles. The van der Waals surface area contributed by atoms with E-state index in [0.717, 1.165) is 5.69 Å². The van der Waals surface area contributed by atoms with Crippen LogP contribution in [0.4, 0.5) is 10.1 Å². The van der Waals surface area contributed by atoms with E-state index in [-0.39, 0.29) is 12.4 Å². The van der Waals surface area contributed by atoms with Gasteiger partial charge in [0.15, 0.2) is 23.9 Å². The van der Waals surface area contributed by atoms with Crippen molar-refractivity contribution in [3.05, 3.63) is 48.3 Å². The first kappa shape index (κ1) is 18.4. The highest BCUT2D eigenvalue weighted by Crippen LogP contribution is 2.30. The van der Waals surface area contributed by atoms with Crippen LogP contribution in [-0.2, 0) is 18.4 Å². The average Bonchev–Trinajstić information content (AvgIpc) is 3.37. The largest absolute Gasteiger partial charge is 0.467 e. The SMILES string of the molecule is Cn1cnc(COc2nn3c(-c4cccc(F)c4)nnc3cc2N2CCOCC2)n1. The van der Waals surface area contributed by atoms with E-state index in [1.54, 1.807) is 34.7 Å². The summed E-state index contributed by atoms with van der Waals surface area (Å²) >= 11 is 0. The second-order valence-corrected chi connectivity index (χ2v) is 6.86. The second kappa shape index (κ2) is 7.67. The van der Waals surface area contributed by atoms with Crippen LogP contribution in [0.15, 0.2) is 36.7 Å². The first-order chi connectivity index (χ1) is 14.7. The molecule has 1 aliphatic rings. The minimum absolute atomic E-state index is 0.161. The highest BCUT2D eigenvalue weighted by molar-refractivity contribution is 5.65. The van der Waals surface area contributed by atoms with Gasteiger partial charge in [0.25, 0.3) is 5.88 Å². The Balaban J connectivity index is 1.56. The highest BCUT2D eigenvalue weighted by Gasteiger charge is 2.21. The summed E-state index contributed by atoms with van der Waals surface area (Å²) in [6.45, 7) is 2.82. The lowest BCUT2D eigenvalue weighted by Gasteiger charge is -2.29. The fourth-order valence-electron chi connectivity index (χ4n) is 3.33. The molecule has 10 nitrogen and oxygen atoms in total. The Kier molecular flexibility index (Phi) is 4.71. The molecular weight excluding hydrogens is 391 g/mol. The Morgan fingerprint density at radius 1 is 1.13 bits per heavy atom. The van der Waals surface area contributed by atoms with Crippen molar-refractivity contribution in [1.82, 2.24) is 34.6 Å². The zero-order chi connectivity index (χ0) is 20.5. The van der Waals surface area contributed by atoms with Crippen LogP contribution in [0.5, 0.6) is 5.88 Å². The lowest BCUT2D eigenvalue weighted by atomic mass is 10.2. The minimum atomic E-state index is -0.355. The molecule has 4 aromatic rings. The standard InChI is InChI=1S/C19H19FN8O2/c1-26-12-21-16(24-26)11-30-19-15(27-5-7-29-8-6-27)10-17-22-23-18(28(17)25-19)13-3-2-4-14(20)9-13/h2-4,9-10,12H,5-8,11H2,1H3. The van der Waals surface area contributed by atoms with Gasteiger partial charge in [0.1, 0.15) is 17.8 Å². The van der Waals surface area contributed by atoms with Crippen LogP contribution in [-0.4, -0.2) is 60.9 Å². The van der Waals surface area contributed by atoms with Gasteiger partial charge < -0.3 is 14.4 Å². The lowest BCUT2D eigenvalue weighted by molar-refractivity contribution is 0.122. The Labute approximate surface area is 170 Å². The van der Waals surface area contributed by atoms with E-state index in [1.165, 1.54) is 12.1 Å². The molecule has 0 spiro atoms. The van der Waals surface area contributed by atoms with Crippen molar-refractivity contribution < 1.29 is 13.9 Å². The number of aryl methyl sites for hydroxylation is 1. The van der Waals surface area contributed by atoms with Crippen LogP contribution in [0.3, 0.4) is 0 Å². The maximum Gasteiger partial charge on any atom is 0.256 e. The summed E-state index contributed by atoms with van der Waals surface area (Å²) in [4.78, 5) is 6.33. The number of hydrogen-bond donors (Lipinski definition) is 0. The first-order valence-corrected chi connectivity index (χ1v) is 9.50. The smallest absolute Gasteiger partial charge is 0.256 e. The summed E-state index contributed by atoms with van der Waals surface area (Å²) < 4.78 is 28.3. The number of aromatic nitrogens is 7. The molecule has 1 aromatic carbocycles. The van der Waals surface area contributed by atoms with Crippen molar-refractivity contribution in [3.8, 4) is 17.3 Å². The monoisotopic (exact) mass is 410 g/mol. The molecule has 154 valence electrons. The van der Waals surface area contributed by atoms with Crippen LogP contribution >= 0.6 is 0 Å². The van der Waals surface area contributed by atoms with Gasteiger partial charge in [-0.3, -0.25) is 4.68 Å². The maximum atomic E-state index is 13.7. The molecule has 1 saturated heterocycles. The van der Waals surface area contributed by atoms with Crippen LogP contribution in [0.2, 0.25) is 0 Å². The molecule has 0 N–H and O–H groups in total. The Hall–Kier alpha value is -3.60. The van der Waals surface area contributed by atoms with Gasteiger partial charge in [-0.2, -0.15) is 9.61 Å². The van der Waals surface area contributed by atoms with Gasteiger partial charge in [0.05, 0.1) is 13.2 Å². The van der Waals surface area contributed by atoms with E-state index >= 15 is 0 Å². The quantitative estimate of drug-likeness (QED) is 0.488. The number of morpholine rings is 1. The number of halogens is 1. The summed E-state index contributed by atoms with van der Waals surface area (Å²) in [6.07, 6.45) is 1.61. The molecule has 0 amide bonds. The molecule has 11 heteroatoms. The van der Waals surface area contributed by atoms with Gasteiger partial charge in [-0.1, -0.05) is 12.1 Å². The van der Waals surface area contributed by atoms with Crippen LogP contribution in [0, 0.1) is 5.82 Å². The number of ether oxygens (including phenoxy) is 2. The fourth-order valence-corrected chi connectivity index (χ4v) is 3.33. The number of anilines is 1. The Morgan fingerprint density at radius 2 is 2.00 bits per heavy atom. The topological polar surface area (TPSA) is 95.5 Å². The molecule has 5 rings (SSSR count). The van der Waals surface area contributed by atoms with E-state index in [4.69, 9.17) is 9.47 Å². The second-order valence-electron chi connectivity index (χ2n) is 6.86. The van der Waals surface area contributed by atoms with Gasteiger partial charge in [-0.05, 0) is 12.1 Å². The number of hydrogen-bond acceptors (Lipinski definition) is 8. The van der Waals surface area contributed by atoms with Gasteiger partial charge in [0.2, 0.25) is 0 Å². The van der Waals surface area contributed by atoms with E-state index < -0.39 is 0 Å². The molecule has 1 aliphatic heterocycles. The molecule has 30 heavy (non-hydrogen) atoms. The Morgan fingerprint density at radius 3 is 2.77 bits per heavy atom. The zero-order valence-corrected chi connectivity index (χ0v) is 16.3. The number of benzene rings is 1. The summed E-state index contributed by atoms with van der Waals surface area (Å²) in [5.74, 6) is 1.02. The minimum Gasteiger partial charge on any atom is -0.467 e. The third-order valence-corrected chi connectivity index (χ3v) is 4.76. The van der Waals surface area contributed by atoms with E-state index in [2.05, 4.69) is 30.3 Å². The predicted molar refractivity (Wildman–Crippen MR) is 105 cm³/mol. The molecule has 0 radical (unpaired) electrons. The molecule has 3 aromatic heterocycles. The van der Waals surface area contributed by atoms with Crippen molar-refractivity contribution in [1.29, 1.82) is 0 Å². The zero-order valence-electron chi connectivity index (χ0n) is 16.3. The van der Waals surface area contributed by atoms with Crippen LogP contribution in [0.1, 0.15) is 5.82 Å². The Bertz CT molecular complexity index is 1180. The number of nitrogens with zero attached hydrogens (tertiary/aromatic N) is 8. The molecule has 4 heterocycles. The fraction of sp³-hybridized carbons (Fsp3) is 0.316. The van der Waals surface area contributed by atoms with Crippen molar-refractivity contribution >= 4 is 11.3 Å². The van der Waals surface area contributed by atoms with Crippen molar-refractivity contribution in [2.24, 2.45) is 7.05 Å². The van der Waals surface area contributed by atoms with Gasteiger partial charge >= 0.3 is 0 Å². The van der Waals surface area contributed by atoms with Crippen LogP contribution in [0.25, 0.3) is 17.0 Å². The van der Waals surface area contributed by atoms with Crippen molar-refractivity contribution in [2.75, 3.05) is 31.2 Å². The van der Waals surface area contributed by atoms with Crippen LogP contribution < -0.4 is 9.64 Å². The molecule has 0 atom stereocenters. The normalized spacial score (nSPS) is 14.4. The maximum absolute atomic E-state index is 13.7. The third kappa shape index (κ3) is 3.54. The number of rotatable bonds is 5. The molecule has 0 bridgehead atoms. The van der Waals surface area contributed by atoms with Gasteiger partial charge in [-0.15, -0.1) is 15.3 Å². The first-order valence-electron chi connectivity index (χ1n) is 9.50. The van der Waals surface area contributed by atoms with Gasteiger partial charge in [-0.25, -0.2) is 9.37 Å². The average molecular weight is 410 g/mol. The molecule has 0 aliphatic carbocycles. The van der Waals surface area contributed by atoms with Gasteiger partial charge in [0, 0.05) is 31.8 Å². The summed E-state index contributed by atoms with van der Waals surface area (Å²) in [7, 11) is 1.79.